The highest BCUT2D eigenvalue weighted by Crippen LogP contribution is 2.19. The molecule has 19 heavy (non-hydrogen) atoms. The van der Waals surface area contributed by atoms with Crippen molar-refractivity contribution in [3.8, 4) is 0 Å². The van der Waals surface area contributed by atoms with E-state index in [0.29, 0.717) is 35.0 Å². The zero-order chi connectivity index (χ0) is 14.0. The second kappa shape index (κ2) is 5.64. The van der Waals surface area contributed by atoms with E-state index in [0.717, 1.165) is 0 Å². The van der Waals surface area contributed by atoms with Crippen molar-refractivity contribution < 1.29 is 8.42 Å². The van der Waals surface area contributed by atoms with Crippen LogP contribution in [0.25, 0.3) is 11.2 Å². The summed E-state index contributed by atoms with van der Waals surface area (Å²) < 4.78 is 24.1. The first-order valence-corrected chi connectivity index (χ1v) is 8.62. The van der Waals surface area contributed by atoms with Gasteiger partial charge in [0, 0.05) is 19.0 Å². The van der Waals surface area contributed by atoms with Gasteiger partial charge in [-0.3, -0.25) is 0 Å². The quantitative estimate of drug-likeness (QED) is 0.792. The van der Waals surface area contributed by atoms with E-state index in [9.17, 15) is 8.42 Å². The Morgan fingerprint density at radius 2 is 2.16 bits per heavy atom. The monoisotopic (exact) mass is 321 g/mol. The van der Waals surface area contributed by atoms with Gasteiger partial charge in [-0.1, -0.05) is 11.6 Å². The van der Waals surface area contributed by atoms with Crippen LogP contribution in [0, 0.1) is 0 Å². The molecule has 104 valence electrons. The Balaban J connectivity index is 2.30. The molecule has 2 aromatic heterocycles. The summed E-state index contributed by atoms with van der Waals surface area (Å²) in [4.78, 5) is 8.57. The van der Waals surface area contributed by atoms with Crippen LogP contribution in [-0.2, 0) is 22.3 Å². The zero-order valence-corrected chi connectivity index (χ0v) is 12.6. The minimum Gasteiger partial charge on any atom is -0.312 e. The molecule has 0 fully saturated rings. The Labute approximate surface area is 121 Å². The minimum atomic E-state index is -2.97. The van der Waals surface area contributed by atoms with Gasteiger partial charge < -0.3 is 4.57 Å². The second-order valence-corrected chi connectivity index (χ2v) is 7.26. The predicted octanol–water partition coefficient (Wildman–Crippen LogP) is 2.26. The summed E-state index contributed by atoms with van der Waals surface area (Å²) in [5.74, 6) is 1.04. The Morgan fingerprint density at radius 1 is 1.42 bits per heavy atom. The van der Waals surface area contributed by atoms with Crippen molar-refractivity contribution in [3.63, 3.8) is 0 Å². The summed E-state index contributed by atoms with van der Waals surface area (Å²) in [6.45, 7) is 0.514. The topological polar surface area (TPSA) is 64.8 Å². The summed E-state index contributed by atoms with van der Waals surface area (Å²) in [6, 6.07) is 1.72. The molecule has 8 heteroatoms. The number of sulfone groups is 1. The molecule has 0 atom stereocenters. The van der Waals surface area contributed by atoms with Crippen molar-refractivity contribution >= 4 is 44.2 Å². The predicted molar refractivity (Wildman–Crippen MR) is 76.4 cm³/mol. The smallest absolute Gasteiger partial charge is 0.160 e. The molecule has 2 heterocycles. The third kappa shape index (κ3) is 3.58. The lowest BCUT2D eigenvalue weighted by molar-refractivity contribution is 0.591. The highest BCUT2D eigenvalue weighted by molar-refractivity contribution is 7.90. The van der Waals surface area contributed by atoms with Crippen LogP contribution in [0.5, 0.6) is 0 Å². The van der Waals surface area contributed by atoms with Crippen LogP contribution < -0.4 is 0 Å². The molecule has 0 saturated carbocycles. The largest absolute Gasteiger partial charge is 0.312 e. The van der Waals surface area contributed by atoms with Gasteiger partial charge in [-0.25, -0.2) is 18.4 Å². The van der Waals surface area contributed by atoms with Crippen LogP contribution in [0.15, 0.2) is 12.3 Å². The van der Waals surface area contributed by atoms with E-state index in [1.165, 1.54) is 12.5 Å². The van der Waals surface area contributed by atoms with Gasteiger partial charge in [-0.05, 0) is 12.5 Å². The van der Waals surface area contributed by atoms with E-state index >= 15 is 0 Å². The van der Waals surface area contributed by atoms with Crippen LogP contribution in [-0.4, -0.2) is 35.0 Å². The van der Waals surface area contributed by atoms with Crippen LogP contribution >= 0.6 is 23.2 Å². The van der Waals surface area contributed by atoms with E-state index in [1.54, 1.807) is 6.07 Å². The Bertz CT molecular complexity index is 697. The summed E-state index contributed by atoms with van der Waals surface area (Å²) >= 11 is 11.7. The average molecular weight is 322 g/mol. The lowest BCUT2D eigenvalue weighted by Gasteiger charge is -2.06. The van der Waals surface area contributed by atoms with Crippen molar-refractivity contribution in [2.24, 2.45) is 0 Å². The molecular formula is C11H13Cl2N3O2S. The molecule has 0 bridgehead atoms. The number of pyridine rings is 1. The molecule has 0 saturated heterocycles. The third-order valence-electron chi connectivity index (χ3n) is 2.65. The first-order valence-electron chi connectivity index (χ1n) is 5.65. The number of nitrogens with zero attached hydrogens (tertiary/aromatic N) is 3. The number of fused-ring (bicyclic) bond motifs is 1. The number of imidazole rings is 1. The lowest BCUT2D eigenvalue weighted by atomic mass is 10.4. The van der Waals surface area contributed by atoms with Crippen molar-refractivity contribution in [2.75, 3.05) is 12.0 Å². The Hall–Kier alpha value is -0.850. The average Bonchev–Trinajstić information content (AvgIpc) is 2.65. The van der Waals surface area contributed by atoms with Gasteiger partial charge in [0.05, 0.1) is 16.7 Å². The molecule has 2 aromatic rings. The molecule has 2 rings (SSSR count). The molecule has 0 aromatic carbocycles. The summed E-state index contributed by atoms with van der Waals surface area (Å²) in [6.07, 6.45) is 3.26. The van der Waals surface area contributed by atoms with E-state index in [2.05, 4.69) is 9.97 Å². The fourth-order valence-electron chi connectivity index (χ4n) is 1.86. The molecule has 0 radical (unpaired) electrons. The van der Waals surface area contributed by atoms with Gasteiger partial charge in [0.2, 0.25) is 0 Å². The van der Waals surface area contributed by atoms with Crippen molar-refractivity contribution in [2.45, 2.75) is 18.8 Å². The third-order valence-corrected chi connectivity index (χ3v) is 4.12. The number of hydrogen-bond acceptors (Lipinski definition) is 4. The highest BCUT2D eigenvalue weighted by atomic mass is 35.5. The molecule has 0 spiro atoms. The van der Waals surface area contributed by atoms with E-state index in [1.807, 2.05) is 4.57 Å². The minimum absolute atomic E-state index is 0.127. The van der Waals surface area contributed by atoms with Gasteiger partial charge in [0.15, 0.2) is 5.65 Å². The van der Waals surface area contributed by atoms with Crippen molar-refractivity contribution in [1.82, 2.24) is 14.5 Å². The zero-order valence-electron chi connectivity index (χ0n) is 10.3. The van der Waals surface area contributed by atoms with Crippen LogP contribution in [0.4, 0.5) is 0 Å². The van der Waals surface area contributed by atoms with E-state index in [4.69, 9.17) is 23.2 Å². The summed E-state index contributed by atoms with van der Waals surface area (Å²) in [7, 11) is -2.97. The molecule has 0 amide bonds. The number of rotatable bonds is 5. The van der Waals surface area contributed by atoms with Crippen LogP contribution in [0.3, 0.4) is 0 Å². The molecule has 0 N–H and O–H groups in total. The van der Waals surface area contributed by atoms with Gasteiger partial charge in [0.25, 0.3) is 0 Å². The van der Waals surface area contributed by atoms with Gasteiger partial charge in [0.1, 0.15) is 21.2 Å². The number of halogens is 2. The first kappa shape index (κ1) is 14.6. The Kier molecular flexibility index (Phi) is 4.32. The molecular weight excluding hydrogens is 309 g/mol. The maximum Gasteiger partial charge on any atom is 0.160 e. The SMILES string of the molecule is CS(=O)(=O)CCCn1c(CCl)nc2cc(Cl)cnc21. The highest BCUT2D eigenvalue weighted by Gasteiger charge is 2.12. The molecule has 0 unspecified atom stereocenters. The summed E-state index contributed by atoms with van der Waals surface area (Å²) in [5.41, 5.74) is 1.34. The maximum atomic E-state index is 11.1. The van der Waals surface area contributed by atoms with Gasteiger partial charge in [-0.15, -0.1) is 11.6 Å². The van der Waals surface area contributed by atoms with Crippen LogP contribution in [0.2, 0.25) is 5.02 Å². The fraction of sp³-hybridized carbons (Fsp3) is 0.455. The maximum absolute atomic E-state index is 11.1. The number of hydrogen-bond donors (Lipinski definition) is 0. The van der Waals surface area contributed by atoms with Crippen LogP contribution in [0.1, 0.15) is 12.2 Å². The van der Waals surface area contributed by atoms with Crippen molar-refractivity contribution in [1.29, 1.82) is 0 Å². The first-order chi connectivity index (χ1) is 8.90. The molecule has 5 nitrogen and oxygen atoms in total. The number of aryl methyl sites for hydroxylation is 1. The fourth-order valence-corrected chi connectivity index (χ4v) is 2.86. The molecule has 0 aliphatic carbocycles. The van der Waals surface area contributed by atoms with Gasteiger partial charge in [-0.2, -0.15) is 0 Å². The lowest BCUT2D eigenvalue weighted by Crippen LogP contribution is -2.09. The molecule has 0 aliphatic heterocycles. The Morgan fingerprint density at radius 3 is 2.79 bits per heavy atom. The van der Waals surface area contributed by atoms with Crippen molar-refractivity contribution in [3.05, 3.63) is 23.1 Å². The normalized spacial score (nSPS) is 12.2. The number of alkyl halides is 1. The standard InChI is InChI=1S/C11H13Cl2N3O2S/c1-19(17,18)4-2-3-16-10(6-12)15-9-5-8(13)7-14-11(9)16/h5,7H,2-4,6H2,1H3. The summed E-state index contributed by atoms with van der Waals surface area (Å²) in [5, 5.41) is 0.509. The molecule has 0 aliphatic rings. The second-order valence-electron chi connectivity index (χ2n) is 4.29. The van der Waals surface area contributed by atoms with E-state index < -0.39 is 9.84 Å². The number of aromatic nitrogens is 3. The van der Waals surface area contributed by atoms with E-state index in [-0.39, 0.29) is 11.6 Å². The van der Waals surface area contributed by atoms with Gasteiger partial charge >= 0.3 is 0 Å².